The molecule has 0 saturated heterocycles. The molecule has 0 amide bonds. The quantitative estimate of drug-likeness (QED) is 0.274. The van der Waals surface area contributed by atoms with E-state index in [9.17, 15) is 0 Å². The van der Waals surface area contributed by atoms with Crippen molar-refractivity contribution < 1.29 is 0 Å². The third kappa shape index (κ3) is 4.43. The summed E-state index contributed by atoms with van der Waals surface area (Å²) in [5.41, 5.74) is 11.6. The third-order valence-electron chi connectivity index (χ3n) is 8.57. The molecule has 0 nitrogen and oxygen atoms in total. The third-order valence-corrected chi connectivity index (χ3v) is 10.8. The summed E-state index contributed by atoms with van der Waals surface area (Å²) in [6.45, 7) is 4.70. The second-order valence-corrected chi connectivity index (χ2v) is 11.9. The second-order valence-electron chi connectivity index (χ2n) is 10.2. The minimum absolute atomic E-state index is 0. The Balaban J connectivity index is 0.00000160. The van der Waals surface area contributed by atoms with Crippen LogP contribution in [-0.4, -0.2) is 47.2 Å². The Labute approximate surface area is 248 Å². The van der Waals surface area contributed by atoms with Crippen molar-refractivity contribution in [3.05, 3.63) is 154 Å². The van der Waals surface area contributed by atoms with Gasteiger partial charge in [-0.3, -0.25) is 0 Å². The van der Waals surface area contributed by atoms with Crippen LogP contribution in [0.3, 0.4) is 0 Å². The molecule has 2 aliphatic carbocycles. The van der Waals surface area contributed by atoms with Crippen LogP contribution in [0.15, 0.2) is 120 Å². The molecule has 4 aromatic rings. The van der Waals surface area contributed by atoms with Crippen LogP contribution in [0.5, 0.6) is 0 Å². The van der Waals surface area contributed by atoms with Crippen molar-refractivity contribution >= 4 is 59.4 Å². The number of allylic oxidation sites excluding steroid dienone is 2. The monoisotopic (exact) mass is 484 g/mol. The molecule has 37 heavy (non-hydrogen) atoms. The van der Waals surface area contributed by atoms with Crippen molar-refractivity contribution in [2.45, 2.75) is 36.8 Å². The predicted octanol–water partition coefficient (Wildman–Crippen LogP) is 6.50. The molecule has 0 heterocycles. The van der Waals surface area contributed by atoms with Gasteiger partial charge in [0.2, 0.25) is 0 Å². The van der Waals surface area contributed by atoms with Gasteiger partial charge in [-0.15, -0.1) is 0 Å². The molecule has 2 aliphatic rings. The van der Waals surface area contributed by atoms with Gasteiger partial charge in [-0.1, -0.05) is 132 Å². The average molecular weight is 485 g/mol. The molecule has 0 spiro atoms. The number of hydrogen-bond acceptors (Lipinski definition) is 0. The van der Waals surface area contributed by atoms with E-state index in [-0.39, 0.29) is 48.6 Å². The Kier molecular flexibility index (Phi) is 8.45. The molecule has 0 radical (unpaired) electrons. The molecular formula is C34H34Li2Si. The zero-order valence-electron chi connectivity index (χ0n) is 20.7. The van der Waals surface area contributed by atoms with Crippen LogP contribution >= 0.6 is 0 Å². The summed E-state index contributed by atoms with van der Waals surface area (Å²) in [4.78, 5) is 0. The van der Waals surface area contributed by atoms with Gasteiger partial charge in [-0.05, 0) is 59.3 Å². The summed E-state index contributed by atoms with van der Waals surface area (Å²) in [7, 11) is -0.473. The zero-order chi connectivity index (χ0) is 23.9. The van der Waals surface area contributed by atoms with Gasteiger partial charge in [0.25, 0.3) is 0 Å². The molecule has 4 aromatic carbocycles. The van der Waals surface area contributed by atoms with Crippen LogP contribution in [0.1, 0.15) is 47.2 Å². The van der Waals surface area contributed by atoms with Crippen LogP contribution in [0, 0.1) is 0 Å². The standard InChI is InChI=1S/C34H32Si.2Li.2H/c1-25-21-27-13-9-11-19-31(27)33(25,29-15-5-3-6-16-29)23-35-24-34(30-17-7-4-8-18-30)26(2)22-28-14-10-12-20-32(28)34;;;;/h3-22H,23-24,35H2,1-2H3;;;;. The molecule has 6 rings (SSSR count). The van der Waals surface area contributed by atoms with Crippen LogP contribution in [0.2, 0.25) is 12.1 Å². The number of fused-ring (bicyclic) bond motifs is 2. The van der Waals surface area contributed by atoms with Crippen molar-refractivity contribution in [2.24, 2.45) is 0 Å². The Bertz CT molecular complexity index is 1330. The SMILES string of the molecule is CC1=Cc2ccccc2C1(C[SiH2]CC1(c2ccccc2)C(C)=Cc2ccccc21)c1ccccc1.[LiH].[LiH]. The van der Waals surface area contributed by atoms with E-state index in [4.69, 9.17) is 0 Å². The Morgan fingerprint density at radius 1 is 0.486 bits per heavy atom. The first-order valence-electron chi connectivity index (χ1n) is 12.8. The number of benzene rings is 4. The molecule has 176 valence electrons. The second kappa shape index (κ2) is 11.3. The Hall–Kier alpha value is -2.23. The van der Waals surface area contributed by atoms with Gasteiger partial charge >= 0.3 is 37.7 Å². The van der Waals surface area contributed by atoms with Crippen LogP contribution < -0.4 is 0 Å². The van der Waals surface area contributed by atoms with Gasteiger partial charge in [0.05, 0.1) is 0 Å². The van der Waals surface area contributed by atoms with Crippen LogP contribution in [0.4, 0.5) is 0 Å². The molecule has 3 heteroatoms. The number of hydrogen-bond donors (Lipinski definition) is 0. The maximum absolute atomic E-state index is 2.43. The molecule has 0 N–H and O–H groups in total. The summed E-state index contributed by atoms with van der Waals surface area (Å²) in [6, 6.07) is 43.1. The zero-order valence-corrected chi connectivity index (χ0v) is 22.1. The molecule has 0 aromatic heterocycles. The van der Waals surface area contributed by atoms with Gasteiger partial charge in [-0.25, -0.2) is 0 Å². The molecule has 2 unspecified atom stereocenters. The van der Waals surface area contributed by atoms with Crippen molar-refractivity contribution in [3.63, 3.8) is 0 Å². The fourth-order valence-corrected chi connectivity index (χ4v) is 10.1. The molecule has 0 saturated carbocycles. The number of rotatable bonds is 6. The van der Waals surface area contributed by atoms with E-state index in [1.807, 2.05) is 0 Å². The van der Waals surface area contributed by atoms with Gasteiger partial charge in [0, 0.05) is 20.3 Å². The fraction of sp³-hybridized carbons (Fsp3) is 0.176. The summed E-state index contributed by atoms with van der Waals surface area (Å²) < 4.78 is 0. The van der Waals surface area contributed by atoms with E-state index in [0.29, 0.717) is 0 Å². The van der Waals surface area contributed by atoms with E-state index >= 15 is 0 Å². The van der Waals surface area contributed by atoms with Crippen molar-refractivity contribution in [2.75, 3.05) is 0 Å². The van der Waals surface area contributed by atoms with E-state index in [1.54, 1.807) is 0 Å². The first kappa shape index (κ1) is 27.8. The molecule has 0 aliphatic heterocycles. The van der Waals surface area contributed by atoms with Gasteiger partial charge in [0.1, 0.15) is 0 Å². The van der Waals surface area contributed by atoms with Gasteiger partial charge in [0.15, 0.2) is 0 Å². The summed E-state index contributed by atoms with van der Waals surface area (Å²) >= 11 is 0. The van der Waals surface area contributed by atoms with Crippen LogP contribution in [0.25, 0.3) is 12.2 Å². The summed E-state index contributed by atoms with van der Waals surface area (Å²) in [6.07, 6.45) is 4.86. The first-order valence-corrected chi connectivity index (χ1v) is 14.8. The Morgan fingerprint density at radius 3 is 1.24 bits per heavy atom. The normalized spacial score (nSPS) is 21.5. The van der Waals surface area contributed by atoms with E-state index < -0.39 is 9.52 Å². The maximum atomic E-state index is 2.43. The average Bonchev–Trinajstić information content (AvgIpc) is 3.36. The van der Waals surface area contributed by atoms with Crippen molar-refractivity contribution in [1.82, 2.24) is 0 Å². The summed E-state index contributed by atoms with van der Waals surface area (Å²) in [5, 5.41) is 0. The van der Waals surface area contributed by atoms with E-state index in [1.165, 1.54) is 56.6 Å². The van der Waals surface area contributed by atoms with Crippen molar-refractivity contribution in [3.8, 4) is 0 Å². The molecule has 2 atom stereocenters. The van der Waals surface area contributed by atoms with E-state index in [0.717, 1.165) is 0 Å². The van der Waals surface area contributed by atoms with Crippen molar-refractivity contribution in [1.29, 1.82) is 0 Å². The molecular weight excluding hydrogens is 450 g/mol. The Morgan fingerprint density at radius 2 is 0.838 bits per heavy atom. The molecule has 0 fully saturated rings. The first-order chi connectivity index (χ1) is 17.2. The topological polar surface area (TPSA) is 0 Å². The van der Waals surface area contributed by atoms with Crippen LogP contribution in [-0.2, 0) is 10.8 Å². The van der Waals surface area contributed by atoms with Gasteiger partial charge < -0.3 is 0 Å². The minimum atomic E-state index is -0.473. The van der Waals surface area contributed by atoms with E-state index in [2.05, 4.69) is 135 Å². The molecule has 0 bridgehead atoms. The fourth-order valence-electron chi connectivity index (χ4n) is 6.94. The van der Waals surface area contributed by atoms with Gasteiger partial charge in [-0.2, -0.15) is 0 Å². The predicted molar refractivity (Wildman–Crippen MR) is 167 cm³/mol. The summed E-state index contributed by atoms with van der Waals surface area (Å²) in [5.74, 6) is 0.